The van der Waals surface area contributed by atoms with Crippen LogP contribution in [0, 0.1) is 0 Å². The second kappa shape index (κ2) is 9.80. The summed E-state index contributed by atoms with van der Waals surface area (Å²) >= 11 is 1.49. The van der Waals surface area contributed by atoms with Crippen LogP contribution in [-0.2, 0) is 11.0 Å². The number of alkyl halides is 3. The summed E-state index contributed by atoms with van der Waals surface area (Å²) in [6.07, 6.45) is -4.46. The van der Waals surface area contributed by atoms with E-state index in [0.29, 0.717) is 29.5 Å². The van der Waals surface area contributed by atoms with Crippen LogP contribution in [-0.4, -0.2) is 24.2 Å². The predicted molar refractivity (Wildman–Crippen MR) is 126 cm³/mol. The predicted octanol–water partition coefficient (Wildman–Crippen LogP) is 6.14. The molecule has 1 saturated heterocycles. The molecule has 4 rings (SSSR count). The SMILES string of the molecule is CCOc1ccccc1N1C(=O)CS[C@@H]1c1ccc(NC(=O)c2ccc(C(F)(F)F)cc2)cc1. The van der Waals surface area contributed by atoms with E-state index in [1.165, 1.54) is 11.8 Å². The summed E-state index contributed by atoms with van der Waals surface area (Å²) in [5.74, 6) is 0.421. The molecule has 0 aromatic heterocycles. The Kier molecular flexibility index (Phi) is 6.83. The van der Waals surface area contributed by atoms with Crippen molar-refractivity contribution in [1.29, 1.82) is 0 Å². The van der Waals surface area contributed by atoms with E-state index >= 15 is 0 Å². The molecule has 5 nitrogen and oxygen atoms in total. The van der Waals surface area contributed by atoms with Crippen LogP contribution in [0.25, 0.3) is 0 Å². The molecule has 1 aliphatic rings. The summed E-state index contributed by atoms with van der Waals surface area (Å²) in [4.78, 5) is 26.8. The fourth-order valence-electron chi connectivity index (χ4n) is 3.61. The molecule has 1 fully saturated rings. The Bertz CT molecular complexity index is 1180. The van der Waals surface area contributed by atoms with Crippen LogP contribution in [0.3, 0.4) is 0 Å². The monoisotopic (exact) mass is 486 g/mol. The van der Waals surface area contributed by atoms with Gasteiger partial charge in [0.2, 0.25) is 5.91 Å². The zero-order chi connectivity index (χ0) is 24.3. The Morgan fingerprint density at radius 3 is 2.38 bits per heavy atom. The van der Waals surface area contributed by atoms with Gasteiger partial charge in [-0.3, -0.25) is 14.5 Å². The lowest BCUT2D eigenvalue weighted by molar-refractivity contribution is -0.137. The van der Waals surface area contributed by atoms with E-state index in [0.717, 1.165) is 29.8 Å². The van der Waals surface area contributed by atoms with Gasteiger partial charge in [0.05, 0.1) is 23.6 Å². The zero-order valence-corrected chi connectivity index (χ0v) is 19.0. The van der Waals surface area contributed by atoms with Crippen molar-refractivity contribution in [2.75, 3.05) is 22.6 Å². The molecule has 1 heterocycles. The van der Waals surface area contributed by atoms with Gasteiger partial charge in [-0.05, 0) is 61.0 Å². The molecule has 1 atom stereocenters. The van der Waals surface area contributed by atoms with Gasteiger partial charge in [-0.25, -0.2) is 0 Å². The first-order chi connectivity index (χ1) is 16.3. The minimum absolute atomic E-state index is 0.0261. The molecule has 0 spiro atoms. The van der Waals surface area contributed by atoms with E-state index in [1.54, 1.807) is 17.0 Å². The van der Waals surface area contributed by atoms with Crippen molar-refractivity contribution in [2.24, 2.45) is 0 Å². The number of hydrogen-bond donors (Lipinski definition) is 1. The second-order valence-corrected chi connectivity index (χ2v) is 8.55. The number of rotatable bonds is 6. The van der Waals surface area contributed by atoms with Crippen LogP contribution in [0.4, 0.5) is 24.5 Å². The van der Waals surface area contributed by atoms with E-state index in [9.17, 15) is 22.8 Å². The number of thioether (sulfide) groups is 1. The minimum Gasteiger partial charge on any atom is -0.492 e. The normalized spacial score (nSPS) is 15.9. The van der Waals surface area contributed by atoms with Crippen molar-refractivity contribution in [3.8, 4) is 5.75 Å². The number of nitrogens with zero attached hydrogens (tertiary/aromatic N) is 1. The van der Waals surface area contributed by atoms with Gasteiger partial charge in [-0.15, -0.1) is 11.8 Å². The molecule has 1 aliphatic heterocycles. The lowest BCUT2D eigenvalue weighted by Gasteiger charge is -2.26. The second-order valence-electron chi connectivity index (χ2n) is 7.48. The molecule has 2 amide bonds. The average molecular weight is 487 g/mol. The number of carbonyl (C=O) groups is 2. The number of amides is 2. The zero-order valence-electron chi connectivity index (χ0n) is 18.1. The summed E-state index contributed by atoms with van der Waals surface area (Å²) in [6.45, 7) is 2.36. The van der Waals surface area contributed by atoms with E-state index in [1.807, 2.05) is 43.3 Å². The van der Waals surface area contributed by atoms with Crippen LogP contribution < -0.4 is 15.0 Å². The fraction of sp³-hybridized carbons (Fsp3) is 0.200. The maximum atomic E-state index is 12.7. The maximum Gasteiger partial charge on any atom is 0.416 e. The highest BCUT2D eigenvalue weighted by Crippen LogP contribution is 2.45. The van der Waals surface area contributed by atoms with Gasteiger partial charge >= 0.3 is 6.18 Å². The average Bonchev–Trinajstić information content (AvgIpc) is 3.21. The van der Waals surface area contributed by atoms with Gasteiger partial charge in [0.15, 0.2) is 0 Å². The first kappa shape index (κ1) is 23.7. The summed E-state index contributed by atoms with van der Waals surface area (Å²) in [7, 11) is 0. The quantitative estimate of drug-likeness (QED) is 0.455. The summed E-state index contributed by atoms with van der Waals surface area (Å²) in [5, 5.41) is 2.43. The van der Waals surface area contributed by atoms with E-state index in [-0.39, 0.29) is 16.8 Å². The Labute approximate surface area is 198 Å². The number of carbonyl (C=O) groups excluding carboxylic acids is 2. The van der Waals surface area contributed by atoms with Crippen molar-refractivity contribution >= 4 is 35.0 Å². The molecule has 0 aliphatic carbocycles. The number of nitrogens with one attached hydrogen (secondary N) is 1. The summed E-state index contributed by atoms with van der Waals surface area (Å²) < 4.78 is 43.9. The third-order valence-corrected chi connectivity index (χ3v) is 6.43. The van der Waals surface area contributed by atoms with Gasteiger partial charge in [0.25, 0.3) is 5.91 Å². The highest BCUT2D eigenvalue weighted by molar-refractivity contribution is 8.00. The molecule has 176 valence electrons. The van der Waals surface area contributed by atoms with Crippen LogP contribution in [0.5, 0.6) is 5.75 Å². The molecular formula is C25H21F3N2O3S. The highest BCUT2D eigenvalue weighted by atomic mass is 32.2. The van der Waals surface area contributed by atoms with Gasteiger partial charge in [0, 0.05) is 11.3 Å². The van der Waals surface area contributed by atoms with E-state index in [4.69, 9.17) is 4.74 Å². The molecular weight excluding hydrogens is 465 g/mol. The summed E-state index contributed by atoms with van der Waals surface area (Å²) in [5.41, 5.74) is 1.36. The smallest absolute Gasteiger partial charge is 0.416 e. The van der Waals surface area contributed by atoms with Gasteiger partial charge < -0.3 is 10.1 Å². The first-order valence-electron chi connectivity index (χ1n) is 10.5. The maximum absolute atomic E-state index is 12.7. The van der Waals surface area contributed by atoms with E-state index in [2.05, 4.69) is 5.32 Å². The molecule has 0 bridgehead atoms. The Morgan fingerprint density at radius 1 is 1.06 bits per heavy atom. The number of para-hydroxylation sites is 2. The molecule has 0 unspecified atom stereocenters. The number of halogens is 3. The fourth-order valence-corrected chi connectivity index (χ4v) is 4.78. The van der Waals surface area contributed by atoms with Crippen molar-refractivity contribution < 1.29 is 27.5 Å². The molecule has 3 aromatic carbocycles. The van der Waals surface area contributed by atoms with Gasteiger partial charge in [0.1, 0.15) is 11.1 Å². The van der Waals surface area contributed by atoms with Crippen LogP contribution >= 0.6 is 11.8 Å². The first-order valence-corrected chi connectivity index (χ1v) is 11.6. The third kappa shape index (κ3) is 5.04. The largest absolute Gasteiger partial charge is 0.492 e. The van der Waals surface area contributed by atoms with Crippen LogP contribution in [0.2, 0.25) is 0 Å². The molecule has 34 heavy (non-hydrogen) atoms. The molecule has 0 radical (unpaired) electrons. The number of anilines is 2. The van der Waals surface area contributed by atoms with Crippen LogP contribution in [0.15, 0.2) is 72.8 Å². The highest BCUT2D eigenvalue weighted by Gasteiger charge is 2.35. The lowest BCUT2D eigenvalue weighted by Crippen LogP contribution is -2.28. The van der Waals surface area contributed by atoms with Crippen molar-refractivity contribution in [3.05, 3.63) is 89.5 Å². The lowest BCUT2D eigenvalue weighted by atomic mass is 10.1. The molecule has 9 heteroatoms. The Morgan fingerprint density at radius 2 is 1.74 bits per heavy atom. The molecule has 0 saturated carbocycles. The topological polar surface area (TPSA) is 58.6 Å². The van der Waals surface area contributed by atoms with Gasteiger partial charge in [-0.1, -0.05) is 24.3 Å². The van der Waals surface area contributed by atoms with Gasteiger partial charge in [-0.2, -0.15) is 13.2 Å². The molecule has 3 aromatic rings. The Hall–Kier alpha value is -3.46. The standard InChI is InChI=1S/C25H21F3N2O3S/c1-2-33-21-6-4-3-5-20(21)30-22(31)15-34-24(30)17-9-13-19(14-10-17)29-23(32)16-7-11-18(12-8-16)25(26,27)28/h3-14,24H,2,15H2,1H3,(H,29,32)/t24-/m1/s1. The van der Waals surface area contributed by atoms with Crippen molar-refractivity contribution in [1.82, 2.24) is 0 Å². The summed E-state index contributed by atoms with van der Waals surface area (Å²) in [6, 6.07) is 18.4. The molecule has 1 N–H and O–H groups in total. The minimum atomic E-state index is -4.46. The van der Waals surface area contributed by atoms with E-state index < -0.39 is 17.6 Å². The van der Waals surface area contributed by atoms with Crippen molar-refractivity contribution in [3.63, 3.8) is 0 Å². The Balaban J connectivity index is 1.50. The number of ether oxygens (including phenoxy) is 1. The van der Waals surface area contributed by atoms with Crippen molar-refractivity contribution in [2.45, 2.75) is 18.5 Å². The number of benzene rings is 3. The van der Waals surface area contributed by atoms with Crippen LogP contribution in [0.1, 0.15) is 33.8 Å². The number of hydrogen-bond acceptors (Lipinski definition) is 4. The third-order valence-electron chi connectivity index (χ3n) is 5.22.